The molecule has 0 saturated carbocycles. The number of carbonyl (C=O) groups is 1. The first-order chi connectivity index (χ1) is 9.70. The lowest BCUT2D eigenvalue weighted by atomic mass is 9.92. The fourth-order valence-electron chi connectivity index (χ4n) is 2.74. The van der Waals surface area contributed by atoms with Crippen molar-refractivity contribution < 1.29 is 9.53 Å². The summed E-state index contributed by atoms with van der Waals surface area (Å²) >= 11 is 0. The Morgan fingerprint density at radius 1 is 1.45 bits per heavy atom. The van der Waals surface area contributed by atoms with E-state index in [1.807, 2.05) is 24.3 Å². The van der Waals surface area contributed by atoms with E-state index in [9.17, 15) is 4.79 Å². The standard InChI is InChI=1S/C16H24N2O2/c1-12-11-14(8-9-17-12)16(19)18-10-7-13-5-3-4-6-15(13)20-2/h3-6,12,14,17H,7-11H2,1-2H3,(H,18,19)/t12-,14-/m0/s1. The van der Waals surface area contributed by atoms with E-state index in [-0.39, 0.29) is 11.8 Å². The highest BCUT2D eigenvalue weighted by molar-refractivity contribution is 5.78. The summed E-state index contributed by atoms with van der Waals surface area (Å²) in [4.78, 5) is 12.1. The lowest BCUT2D eigenvalue weighted by Gasteiger charge is -2.27. The number of benzene rings is 1. The first kappa shape index (κ1) is 14.9. The third-order valence-corrected chi connectivity index (χ3v) is 3.88. The van der Waals surface area contributed by atoms with Gasteiger partial charge in [-0.2, -0.15) is 0 Å². The lowest BCUT2D eigenvalue weighted by molar-refractivity contribution is -0.126. The van der Waals surface area contributed by atoms with E-state index in [1.165, 1.54) is 0 Å². The van der Waals surface area contributed by atoms with Gasteiger partial charge in [0.1, 0.15) is 5.75 Å². The van der Waals surface area contributed by atoms with Gasteiger partial charge in [0.15, 0.2) is 0 Å². The van der Waals surface area contributed by atoms with Crippen molar-refractivity contribution in [2.24, 2.45) is 5.92 Å². The Hall–Kier alpha value is -1.55. The minimum atomic E-state index is 0.156. The van der Waals surface area contributed by atoms with Crippen molar-refractivity contribution >= 4 is 5.91 Å². The number of piperidine rings is 1. The molecule has 1 saturated heterocycles. The van der Waals surface area contributed by atoms with E-state index in [2.05, 4.69) is 17.6 Å². The monoisotopic (exact) mass is 276 g/mol. The van der Waals surface area contributed by atoms with E-state index in [4.69, 9.17) is 4.74 Å². The molecule has 20 heavy (non-hydrogen) atoms. The molecule has 4 nitrogen and oxygen atoms in total. The maximum absolute atomic E-state index is 12.1. The molecule has 0 aromatic heterocycles. The zero-order valence-electron chi connectivity index (χ0n) is 12.3. The predicted octanol–water partition coefficient (Wildman–Crippen LogP) is 1.74. The smallest absolute Gasteiger partial charge is 0.223 e. The molecule has 4 heteroatoms. The van der Waals surface area contributed by atoms with Crippen LogP contribution in [-0.2, 0) is 11.2 Å². The topological polar surface area (TPSA) is 50.4 Å². The maximum atomic E-state index is 12.1. The number of methoxy groups -OCH3 is 1. The van der Waals surface area contributed by atoms with Crippen LogP contribution in [0.2, 0.25) is 0 Å². The van der Waals surface area contributed by atoms with E-state index >= 15 is 0 Å². The van der Waals surface area contributed by atoms with Crippen LogP contribution in [0.25, 0.3) is 0 Å². The summed E-state index contributed by atoms with van der Waals surface area (Å²) in [6, 6.07) is 8.38. The molecular weight excluding hydrogens is 252 g/mol. The quantitative estimate of drug-likeness (QED) is 0.861. The van der Waals surface area contributed by atoms with Crippen molar-refractivity contribution in [3.8, 4) is 5.75 Å². The van der Waals surface area contributed by atoms with Crippen LogP contribution >= 0.6 is 0 Å². The molecule has 110 valence electrons. The number of hydrogen-bond acceptors (Lipinski definition) is 3. The molecule has 0 spiro atoms. The fourth-order valence-corrected chi connectivity index (χ4v) is 2.74. The van der Waals surface area contributed by atoms with Gasteiger partial charge in [-0.05, 0) is 44.4 Å². The molecule has 1 fully saturated rings. The zero-order valence-corrected chi connectivity index (χ0v) is 12.3. The van der Waals surface area contributed by atoms with Gasteiger partial charge in [0.05, 0.1) is 7.11 Å². The van der Waals surface area contributed by atoms with Gasteiger partial charge in [-0.25, -0.2) is 0 Å². The molecule has 0 radical (unpaired) electrons. The summed E-state index contributed by atoms with van der Waals surface area (Å²) < 4.78 is 5.31. The number of carbonyl (C=O) groups excluding carboxylic acids is 1. The first-order valence-corrected chi connectivity index (χ1v) is 7.33. The maximum Gasteiger partial charge on any atom is 0.223 e. The van der Waals surface area contributed by atoms with Gasteiger partial charge in [-0.15, -0.1) is 0 Å². The Kier molecular flexibility index (Phi) is 5.41. The van der Waals surface area contributed by atoms with Crippen molar-refractivity contribution in [2.45, 2.75) is 32.2 Å². The highest BCUT2D eigenvalue weighted by Gasteiger charge is 2.24. The van der Waals surface area contributed by atoms with Crippen LogP contribution in [0.1, 0.15) is 25.3 Å². The second-order valence-corrected chi connectivity index (χ2v) is 5.43. The van der Waals surface area contributed by atoms with Gasteiger partial charge in [0, 0.05) is 18.5 Å². The van der Waals surface area contributed by atoms with E-state index in [0.29, 0.717) is 12.6 Å². The van der Waals surface area contributed by atoms with Crippen LogP contribution in [0.3, 0.4) is 0 Å². The van der Waals surface area contributed by atoms with Crippen molar-refractivity contribution in [2.75, 3.05) is 20.2 Å². The molecule has 1 aromatic rings. The Labute approximate surface area is 120 Å². The average molecular weight is 276 g/mol. The van der Waals surface area contributed by atoms with Crippen LogP contribution in [0, 0.1) is 5.92 Å². The van der Waals surface area contributed by atoms with E-state index in [1.54, 1.807) is 7.11 Å². The molecule has 1 aromatic carbocycles. The fraction of sp³-hybridized carbons (Fsp3) is 0.562. The summed E-state index contributed by atoms with van der Waals surface area (Å²) in [5.74, 6) is 1.23. The summed E-state index contributed by atoms with van der Waals surface area (Å²) in [7, 11) is 1.67. The minimum Gasteiger partial charge on any atom is -0.496 e. The van der Waals surface area contributed by atoms with Gasteiger partial charge < -0.3 is 15.4 Å². The SMILES string of the molecule is COc1ccccc1CCNC(=O)[C@H]1CCN[C@@H](C)C1. The van der Waals surface area contributed by atoms with Gasteiger partial charge >= 0.3 is 0 Å². The molecule has 1 heterocycles. The van der Waals surface area contributed by atoms with Crippen LogP contribution < -0.4 is 15.4 Å². The normalized spacial score (nSPS) is 22.3. The van der Waals surface area contributed by atoms with Gasteiger partial charge in [-0.1, -0.05) is 18.2 Å². The number of nitrogens with one attached hydrogen (secondary N) is 2. The molecule has 2 rings (SSSR count). The Bertz CT molecular complexity index is 448. The summed E-state index contributed by atoms with van der Waals surface area (Å²) in [6.07, 6.45) is 2.67. The van der Waals surface area contributed by atoms with E-state index < -0.39 is 0 Å². The second kappa shape index (κ2) is 7.29. The highest BCUT2D eigenvalue weighted by Crippen LogP contribution is 2.18. The van der Waals surface area contributed by atoms with Crippen molar-refractivity contribution in [3.05, 3.63) is 29.8 Å². The molecule has 0 bridgehead atoms. The van der Waals surface area contributed by atoms with Gasteiger partial charge in [0.25, 0.3) is 0 Å². The van der Waals surface area contributed by atoms with Crippen LogP contribution in [0.5, 0.6) is 5.75 Å². The molecule has 1 aliphatic heterocycles. The molecule has 2 atom stereocenters. The second-order valence-electron chi connectivity index (χ2n) is 5.43. The van der Waals surface area contributed by atoms with Gasteiger partial charge in [0.2, 0.25) is 5.91 Å². The lowest BCUT2D eigenvalue weighted by Crippen LogP contribution is -2.42. The van der Waals surface area contributed by atoms with Crippen molar-refractivity contribution in [3.63, 3.8) is 0 Å². The molecule has 1 aliphatic rings. The number of para-hydroxylation sites is 1. The molecule has 2 N–H and O–H groups in total. The highest BCUT2D eigenvalue weighted by atomic mass is 16.5. The Balaban J connectivity index is 1.79. The number of hydrogen-bond donors (Lipinski definition) is 2. The average Bonchev–Trinajstić information content (AvgIpc) is 2.47. The zero-order chi connectivity index (χ0) is 14.4. The number of rotatable bonds is 5. The third-order valence-electron chi connectivity index (χ3n) is 3.88. The van der Waals surface area contributed by atoms with Crippen LogP contribution in [0.4, 0.5) is 0 Å². The minimum absolute atomic E-state index is 0.156. The van der Waals surface area contributed by atoms with Crippen molar-refractivity contribution in [1.82, 2.24) is 10.6 Å². The Morgan fingerprint density at radius 2 is 2.25 bits per heavy atom. The summed E-state index contributed by atoms with van der Waals surface area (Å²) in [6.45, 7) is 3.73. The first-order valence-electron chi connectivity index (χ1n) is 7.33. The third kappa shape index (κ3) is 3.97. The van der Waals surface area contributed by atoms with Crippen LogP contribution in [-0.4, -0.2) is 32.1 Å². The molecule has 0 aliphatic carbocycles. The van der Waals surface area contributed by atoms with Gasteiger partial charge in [-0.3, -0.25) is 4.79 Å². The Morgan fingerprint density at radius 3 is 3.00 bits per heavy atom. The van der Waals surface area contributed by atoms with Crippen LogP contribution in [0.15, 0.2) is 24.3 Å². The molecule has 1 amide bonds. The van der Waals surface area contributed by atoms with Crippen molar-refractivity contribution in [1.29, 1.82) is 0 Å². The largest absolute Gasteiger partial charge is 0.496 e. The summed E-state index contributed by atoms with van der Waals surface area (Å²) in [5, 5.41) is 6.42. The predicted molar refractivity (Wildman–Crippen MR) is 79.9 cm³/mol. The number of ether oxygens (including phenoxy) is 1. The van der Waals surface area contributed by atoms with E-state index in [0.717, 1.165) is 37.1 Å². The molecule has 0 unspecified atom stereocenters. The molecular formula is C16H24N2O2. The summed E-state index contributed by atoms with van der Waals surface area (Å²) in [5.41, 5.74) is 1.13. The number of amides is 1.